The average Bonchev–Trinajstić information content (AvgIpc) is 3.04. The summed E-state index contributed by atoms with van der Waals surface area (Å²) >= 11 is 0. The normalized spacial score (nSPS) is 19.1. The maximum Gasteiger partial charge on any atom is 0.248 e. The molecule has 1 aliphatic heterocycles. The van der Waals surface area contributed by atoms with Crippen molar-refractivity contribution in [1.82, 2.24) is 5.16 Å². The van der Waals surface area contributed by atoms with Gasteiger partial charge in [-0.1, -0.05) is 25.9 Å². The molecule has 1 aromatic heterocycles. The Labute approximate surface area is 154 Å². The van der Waals surface area contributed by atoms with E-state index in [2.05, 4.69) is 10.5 Å². The zero-order chi connectivity index (χ0) is 19.6. The predicted octanol–water partition coefficient (Wildman–Crippen LogP) is 1.65. The van der Waals surface area contributed by atoms with Gasteiger partial charge in [-0.2, -0.15) is 0 Å². The van der Waals surface area contributed by atoms with Crippen molar-refractivity contribution in [3.8, 4) is 0 Å². The smallest absolute Gasteiger partial charge is 0.248 e. The van der Waals surface area contributed by atoms with E-state index in [1.165, 1.54) is 6.92 Å². The van der Waals surface area contributed by atoms with Gasteiger partial charge in [0.15, 0.2) is 14.6 Å². The van der Waals surface area contributed by atoms with Crippen LogP contribution in [0, 0.1) is 0 Å². The van der Waals surface area contributed by atoms with Gasteiger partial charge in [-0.15, -0.1) is 0 Å². The fourth-order valence-electron chi connectivity index (χ4n) is 2.88. The Bertz CT molecular complexity index is 731. The maximum atomic E-state index is 13.1. The fourth-order valence-corrected chi connectivity index (χ4v) is 5.12. The molecule has 2 heterocycles. The van der Waals surface area contributed by atoms with Crippen LogP contribution in [0.15, 0.2) is 10.6 Å². The molecule has 1 atom stereocenters. The second-order valence-electron chi connectivity index (χ2n) is 7.84. The molecular weight excluding hydrogens is 360 g/mol. The molecule has 148 valence electrons. The number of aromatic nitrogens is 1. The van der Waals surface area contributed by atoms with Gasteiger partial charge in [0, 0.05) is 31.3 Å². The third-order valence-electron chi connectivity index (χ3n) is 4.82. The van der Waals surface area contributed by atoms with E-state index in [-0.39, 0.29) is 17.7 Å². The van der Waals surface area contributed by atoms with E-state index < -0.39 is 32.3 Å². The van der Waals surface area contributed by atoms with Gasteiger partial charge >= 0.3 is 0 Å². The van der Waals surface area contributed by atoms with E-state index in [1.54, 1.807) is 6.07 Å². The molecule has 2 rings (SSSR count). The summed E-state index contributed by atoms with van der Waals surface area (Å²) in [4.78, 5) is 12.9. The standard InChI is InChI=1S/C17H28N2O6S/c1-16(2,3)13-11-14(25-19-13)18-15(21)17(4,7-8-20)26(22,23)12-5-9-24-10-6-12/h11-12,20H,5-10H2,1-4H3,(H,18,21). The second kappa shape index (κ2) is 7.66. The van der Waals surface area contributed by atoms with E-state index in [9.17, 15) is 18.3 Å². The van der Waals surface area contributed by atoms with Crippen molar-refractivity contribution in [2.45, 2.75) is 62.4 Å². The molecule has 1 saturated heterocycles. The fraction of sp³-hybridized carbons (Fsp3) is 0.765. The Morgan fingerprint density at radius 1 is 1.31 bits per heavy atom. The molecule has 0 radical (unpaired) electrons. The van der Waals surface area contributed by atoms with Crippen LogP contribution in [0.5, 0.6) is 0 Å². The van der Waals surface area contributed by atoms with Crippen molar-refractivity contribution < 1.29 is 27.6 Å². The van der Waals surface area contributed by atoms with Gasteiger partial charge in [-0.05, 0) is 26.2 Å². The zero-order valence-electron chi connectivity index (χ0n) is 15.7. The summed E-state index contributed by atoms with van der Waals surface area (Å²) in [5.41, 5.74) is 0.374. The monoisotopic (exact) mass is 388 g/mol. The molecule has 1 fully saturated rings. The average molecular weight is 388 g/mol. The highest BCUT2D eigenvalue weighted by Gasteiger charge is 2.50. The lowest BCUT2D eigenvalue weighted by Gasteiger charge is -2.33. The molecule has 1 aromatic rings. The Kier molecular flexibility index (Phi) is 6.14. The molecule has 0 bridgehead atoms. The van der Waals surface area contributed by atoms with Crippen molar-refractivity contribution in [2.24, 2.45) is 0 Å². The predicted molar refractivity (Wildman–Crippen MR) is 96.7 cm³/mol. The molecule has 2 N–H and O–H groups in total. The molecule has 0 aliphatic carbocycles. The number of nitrogens with zero attached hydrogens (tertiary/aromatic N) is 1. The second-order valence-corrected chi connectivity index (χ2v) is 10.5. The third kappa shape index (κ3) is 4.10. The largest absolute Gasteiger partial charge is 0.396 e. The van der Waals surface area contributed by atoms with Crippen molar-refractivity contribution in [3.63, 3.8) is 0 Å². The van der Waals surface area contributed by atoms with Crippen LogP contribution in [-0.4, -0.2) is 54.4 Å². The summed E-state index contributed by atoms with van der Waals surface area (Å²) in [7, 11) is -3.84. The van der Waals surface area contributed by atoms with Crippen LogP contribution < -0.4 is 5.32 Å². The first-order valence-electron chi connectivity index (χ1n) is 8.73. The Balaban J connectivity index is 2.26. The Hall–Kier alpha value is -1.45. The molecule has 0 aromatic carbocycles. The van der Waals surface area contributed by atoms with Crippen LogP contribution in [0.4, 0.5) is 5.88 Å². The van der Waals surface area contributed by atoms with Gasteiger partial charge in [0.25, 0.3) is 0 Å². The van der Waals surface area contributed by atoms with Gasteiger partial charge in [-0.25, -0.2) is 8.42 Å². The molecule has 9 heteroatoms. The minimum Gasteiger partial charge on any atom is -0.396 e. The summed E-state index contributed by atoms with van der Waals surface area (Å²) in [5, 5.41) is 15.1. The summed E-state index contributed by atoms with van der Waals surface area (Å²) in [6, 6.07) is 1.58. The van der Waals surface area contributed by atoms with Crippen LogP contribution >= 0.6 is 0 Å². The first-order chi connectivity index (χ1) is 12.0. The van der Waals surface area contributed by atoms with Crippen LogP contribution in [0.25, 0.3) is 0 Å². The number of carbonyl (C=O) groups is 1. The number of hydrogen-bond donors (Lipinski definition) is 2. The van der Waals surface area contributed by atoms with Gasteiger partial charge in [0.1, 0.15) is 0 Å². The van der Waals surface area contributed by atoms with Crippen molar-refractivity contribution >= 4 is 21.6 Å². The quantitative estimate of drug-likeness (QED) is 0.760. The number of anilines is 1. The van der Waals surface area contributed by atoms with E-state index in [0.29, 0.717) is 31.7 Å². The SMILES string of the molecule is CC(C)(C)c1cc(NC(=O)C(C)(CCO)S(=O)(=O)C2CCOCC2)on1. The number of ether oxygens (including phenoxy) is 1. The molecule has 26 heavy (non-hydrogen) atoms. The van der Waals surface area contributed by atoms with Crippen molar-refractivity contribution in [3.05, 3.63) is 11.8 Å². The molecule has 1 unspecified atom stereocenters. The van der Waals surface area contributed by atoms with E-state index >= 15 is 0 Å². The van der Waals surface area contributed by atoms with Gasteiger partial charge in [-0.3, -0.25) is 10.1 Å². The Morgan fingerprint density at radius 3 is 2.42 bits per heavy atom. The summed E-state index contributed by atoms with van der Waals surface area (Å²) < 4.78 is 34.8. The highest BCUT2D eigenvalue weighted by atomic mass is 32.2. The van der Waals surface area contributed by atoms with Gasteiger partial charge < -0.3 is 14.4 Å². The van der Waals surface area contributed by atoms with Crippen molar-refractivity contribution in [2.75, 3.05) is 25.1 Å². The lowest BCUT2D eigenvalue weighted by Crippen LogP contribution is -2.52. The Morgan fingerprint density at radius 2 is 1.92 bits per heavy atom. The first-order valence-corrected chi connectivity index (χ1v) is 10.3. The number of amides is 1. The molecule has 0 saturated carbocycles. The molecule has 8 nitrogen and oxygen atoms in total. The molecule has 1 aliphatic rings. The number of rotatable bonds is 6. The lowest BCUT2D eigenvalue weighted by atomic mass is 9.92. The van der Waals surface area contributed by atoms with Crippen LogP contribution in [0.1, 0.15) is 52.7 Å². The van der Waals surface area contributed by atoms with Crippen molar-refractivity contribution in [1.29, 1.82) is 0 Å². The zero-order valence-corrected chi connectivity index (χ0v) is 16.6. The number of nitrogens with one attached hydrogen (secondary N) is 1. The lowest BCUT2D eigenvalue weighted by molar-refractivity contribution is -0.118. The topological polar surface area (TPSA) is 119 Å². The minimum atomic E-state index is -3.84. The summed E-state index contributed by atoms with van der Waals surface area (Å²) in [5.74, 6) is -0.638. The van der Waals surface area contributed by atoms with Crippen LogP contribution in [0.3, 0.4) is 0 Å². The number of carbonyl (C=O) groups excluding carboxylic acids is 1. The van der Waals surface area contributed by atoms with E-state index in [0.717, 1.165) is 0 Å². The van der Waals surface area contributed by atoms with E-state index in [1.807, 2.05) is 20.8 Å². The summed E-state index contributed by atoms with van der Waals surface area (Å²) in [6.07, 6.45) is 0.485. The highest BCUT2D eigenvalue weighted by Crippen LogP contribution is 2.32. The van der Waals surface area contributed by atoms with Crippen LogP contribution in [-0.2, 0) is 24.8 Å². The number of aliphatic hydroxyl groups excluding tert-OH is 1. The third-order valence-corrected chi connectivity index (χ3v) is 7.81. The number of sulfone groups is 1. The van der Waals surface area contributed by atoms with Gasteiger partial charge in [0.2, 0.25) is 11.8 Å². The molecule has 0 spiro atoms. The number of hydrogen-bond acceptors (Lipinski definition) is 7. The first kappa shape index (κ1) is 20.9. The van der Waals surface area contributed by atoms with E-state index in [4.69, 9.17) is 9.26 Å². The number of aliphatic hydroxyl groups is 1. The summed E-state index contributed by atoms with van der Waals surface area (Å²) in [6.45, 7) is 7.46. The van der Waals surface area contributed by atoms with Crippen LogP contribution in [0.2, 0.25) is 0 Å². The minimum absolute atomic E-state index is 0.0891. The van der Waals surface area contributed by atoms with Gasteiger partial charge in [0.05, 0.1) is 10.9 Å². The highest BCUT2D eigenvalue weighted by molar-refractivity contribution is 7.94. The molecular formula is C17H28N2O6S. The molecule has 1 amide bonds. The maximum absolute atomic E-state index is 13.1.